The second kappa shape index (κ2) is 8.16. The molecule has 10 nitrogen and oxygen atoms in total. The fourth-order valence-electron chi connectivity index (χ4n) is 3.50. The zero-order valence-corrected chi connectivity index (χ0v) is 17.3. The first-order valence-corrected chi connectivity index (χ1v) is 10.8. The van der Waals surface area contributed by atoms with Crippen molar-refractivity contribution in [3.05, 3.63) is 23.2 Å². The number of carbonyl (C=O) groups is 2. The molecule has 1 fully saturated rings. The molecule has 12 heteroatoms. The van der Waals surface area contributed by atoms with E-state index in [9.17, 15) is 18.0 Å². The summed E-state index contributed by atoms with van der Waals surface area (Å²) in [6, 6.07) is 4.33. The molecule has 0 spiro atoms. The highest BCUT2D eigenvalue weighted by molar-refractivity contribution is 7.90. The Labute approximate surface area is 173 Å². The molecule has 156 valence electrons. The quantitative estimate of drug-likeness (QED) is 0.524. The highest BCUT2D eigenvalue weighted by Crippen LogP contribution is 2.32. The number of amides is 3. The number of urea groups is 1. The third kappa shape index (κ3) is 4.30. The highest BCUT2D eigenvalue weighted by atomic mass is 35.5. The van der Waals surface area contributed by atoms with Crippen LogP contribution in [0.25, 0.3) is 0 Å². The van der Waals surface area contributed by atoms with Crippen LogP contribution in [-0.2, 0) is 14.8 Å². The van der Waals surface area contributed by atoms with Crippen molar-refractivity contribution in [2.45, 2.75) is 42.9 Å². The Morgan fingerprint density at radius 3 is 2.86 bits per heavy atom. The Kier molecular flexibility index (Phi) is 6.00. The van der Waals surface area contributed by atoms with E-state index in [2.05, 4.69) is 27.3 Å². The van der Waals surface area contributed by atoms with Gasteiger partial charge in [0.2, 0.25) is 5.91 Å². The lowest BCUT2D eigenvalue weighted by Gasteiger charge is -2.38. The molecule has 0 saturated carbocycles. The average Bonchev–Trinajstić information content (AvgIpc) is 2.65. The number of fused-ring (bicyclic) bond motifs is 1. The van der Waals surface area contributed by atoms with Crippen molar-refractivity contribution in [1.82, 2.24) is 20.3 Å². The van der Waals surface area contributed by atoms with Crippen molar-refractivity contribution in [2.24, 2.45) is 0 Å². The van der Waals surface area contributed by atoms with Gasteiger partial charge in [-0.25, -0.2) is 17.5 Å². The van der Waals surface area contributed by atoms with Crippen molar-refractivity contribution in [3.8, 4) is 6.07 Å². The summed E-state index contributed by atoms with van der Waals surface area (Å²) in [5.41, 5.74) is 0.114. The number of nitrogens with one attached hydrogen (secondary N) is 4. The van der Waals surface area contributed by atoms with Gasteiger partial charge in [0.05, 0.1) is 11.8 Å². The standard InChI is InChI=1S/C17H21ClN6O4S/c1-9-16(20-7-12(6-19)21-9)10(2)22-15(25)8-24-17(26)23-13-4-3-11(18)5-14(13)29(24,27)28/h3-5,9-10,12,16,20-21H,7-8H2,1-2H3,(H,22,25)(H,23,26)/t9?,10-,12?,16?/m1/s1. The van der Waals surface area contributed by atoms with Gasteiger partial charge in [0.15, 0.2) is 0 Å². The van der Waals surface area contributed by atoms with Crippen LogP contribution < -0.4 is 21.3 Å². The van der Waals surface area contributed by atoms with Gasteiger partial charge in [-0.1, -0.05) is 11.6 Å². The number of sulfonamides is 1. The lowest BCUT2D eigenvalue weighted by atomic mass is 9.98. The minimum atomic E-state index is -4.22. The van der Waals surface area contributed by atoms with E-state index in [-0.39, 0.29) is 39.8 Å². The first-order valence-electron chi connectivity index (χ1n) is 8.95. The SMILES string of the molecule is CC1NC(C#N)CNC1[C@@H](C)NC(=O)CN1C(=O)Nc2ccc(Cl)cc2S1(=O)=O. The van der Waals surface area contributed by atoms with Crippen molar-refractivity contribution >= 4 is 39.2 Å². The molecule has 3 rings (SSSR count). The first-order chi connectivity index (χ1) is 13.6. The molecule has 3 unspecified atom stereocenters. The van der Waals surface area contributed by atoms with Crippen LogP contribution in [-0.4, -0.2) is 61.9 Å². The number of benzene rings is 1. The Morgan fingerprint density at radius 1 is 1.48 bits per heavy atom. The molecule has 1 aromatic carbocycles. The van der Waals surface area contributed by atoms with Crippen LogP contribution in [0.4, 0.5) is 10.5 Å². The minimum absolute atomic E-state index is 0.0975. The average molecular weight is 441 g/mol. The number of halogens is 1. The number of hydrogen-bond donors (Lipinski definition) is 4. The minimum Gasteiger partial charge on any atom is -0.350 e. The molecule has 1 aromatic rings. The predicted octanol–water partition coefficient (Wildman–Crippen LogP) is 0.223. The maximum absolute atomic E-state index is 12.8. The van der Waals surface area contributed by atoms with E-state index >= 15 is 0 Å². The second-order valence-electron chi connectivity index (χ2n) is 7.01. The third-order valence-corrected chi connectivity index (χ3v) is 6.91. The molecule has 0 aromatic heterocycles. The van der Waals surface area contributed by atoms with Gasteiger partial charge in [0.25, 0.3) is 10.0 Å². The van der Waals surface area contributed by atoms with Crippen molar-refractivity contribution in [2.75, 3.05) is 18.4 Å². The highest BCUT2D eigenvalue weighted by Gasteiger charge is 2.39. The normalized spacial score (nSPS) is 26.6. The molecule has 3 amide bonds. The molecule has 1 saturated heterocycles. The van der Waals surface area contributed by atoms with Gasteiger partial charge >= 0.3 is 6.03 Å². The molecule has 2 heterocycles. The van der Waals surface area contributed by atoms with Crippen LogP contribution in [0.1, 0.15) is 13.8 Å². The molecule has 2 aliphatic rings. The zero-order chi connectivity index (χ0) is 21.3. The summed E-state index contributed by atoms with van der Waals surface area (Å²) in [5.74, 6) is -0.627. The molecule has 0 radical (unpaired) electrons. The van der Waals surface area contributed by atoms with E-state index in [1.807, 2.05) is 6.92 Å². The van der Waals surface area contributed by atoms with Crippen LogP contribution in [0.5, 0.6) is 0 Å². The number of hydrogen-bond acceptors (Lipinski definition) is 7. The summed E-state index contributed by atoms with van der Waals surface area (Å²) in [5, 5.41) is 20.7. The van der Waals surface area contributed by atoms with Gasteiger partial charge in [-0.3, -0.25) is 10.1 Å². The van der Waals surface area contributed by atoms with Gasteiger partial charge < -0.3 is 16.0 Å². The predicted molar refractivity (Wildman–Crippen MR) is 106 cm³/mol. The molecule has 0 bridgehead atoms. The van der Waals surface area contributed by atoms with E-state index in [0.717, 1.165) is 0 Å². The summed E-state index contributed by atoms with van der Waals surface area (Å²) < 4.78 is 26.1. The number of nitrogens with zero attached hydrogens (tertiary/aromatic N) is 2. The Hall–Kier alpha value is -2.39. The van der Waals surface area contributed by atoms with E-state index in [4.69, 9.17) is 16.9 Å². The fraction of sp³-hybridized carbons (Fsp3) is 0.471. The summed E-state index contributed by atoms with van der Waals surface area (Å²) in [6.45, 7) is 3.40. The molecule has 2 aliphatic heterocycles. The molecular formula is C17H21ClN6O4S. The third-order valence-electron chi connectivity index (χ3n) is 4.91. The maximum atomic E-state index is 12.8. The van der Waals surface area contributed by atoms with Crippen molar-refractivity contribution < 1.29 is 18.0 Å². The fourth-order valence-corrected chi connectivity index (χ4v) is 5.20. The van der Waals surface area contributed by atoms with E-state index in [1.165, 1.54) is 18.2 Å². The van der Waals surface area contributed by atoms with E-state index < -0.39 is 28.5 Å². The Balaban J connectivity index is 1.69. The van der Waals surface area contributed by atoms with E-state index in [1.54, 1.807) is 6.92 Å². The number of carbonyl (C=O) groups excluding carboxylic acids is 2. The first kappa shape index (κ1) is 21.3. The summed E-state index contributed by atoms with van der Waals surface area (Å²) >= 11 is 5.88. The van der Waals surface area contributed by atoms with Crippen LogP contribution in [0.3, 0.4) is 0 Å². The van der Waals surface area contributed by atoms with Gasteiger partial charge in [-0.05, 0) is 32.0 Å². The number of rotatable bonds is 4. The van der Waals surface area contributed by atoms with Gasteiger partial charge in [-0.15, -0.1) is 0 Å². The largest absolute Gasteiger partial charge is 0.350 e. The molecule has 29 heavy (non-hydrogen) atoms. The summed E-state index contributed by atoms with van der Waals surface area (Å²) in [4.78, 5) is 24.6. The van der Waals surface area contributed by atoms with E-state index in [0.29, 0.717) is 10.8 Å². The summed E-state index contributed by atoms with van der Waals surface area (Å²) in [6.07, 6.45) is 0. The molecule has 4 atom stereocenters. The zero-order valence-electron chi connectivity index (χ0n) is 15.8. The smallest absolute Gasteiger partial charge is 0.336 e. The Morgan fingerprint density at radius 2 is 2.21 bits per heavy atom. The molecular weight excluding hydrogens is 420 g/mol. The number of nitriles is 1. The van der Waals surface area contributed by atoms with Crippen molar-refractivity contribution in [3.63, 3.8) is 0 Å². The molecule has 4 N–H and O–H groups in total. The van der Waals surface area contributed by atoms with Crippen LogP contribution >= 0.6 is 11.6 Å². The summed E-state index contributed by atoms with van der Waals surface area (Å²) in [7, 11) is -4.22. The van der Waals surface area contributed by atoms with Gasteiger partial charge in [-0.2, -0.15) is 5.26 Å². The van der Waals surface area contributed by atoms with Crippen LogP contribution in [0.2, 0.25) is 5.02 Å². The second-order valence-corrected chi connectivity index (χ2v) is 9.28. The lowest BCUT2D eigenvalue weighted by Crippen LogP contribution is -2.65. The van der Waals surface area contributed by atoms with Crippen LogP contribution in [0.15, 0.2) is 23.1 Å². The van der Waals surface area contributed by atoms with Gasteiger partial charge in [0, 0.05) is 29.7 Å². The number of piperazine rings is 1. The maximum Gasteiger partial charge on any atom is 0.336 e. The van der Waals surface area contributed by atoms with Gasteiger partial charge in [0.1, 0.15) is 17.5 Å². The van der Waals surface area contributed by atoms with Crippen molar-refractivity contribution in [1.29, 1.82) is 5.26 Å². The topological polar surface area (TPSA) is 143 Å². The van der Waals surface area contributed by atoms with Crippen LogP contribution in [0, 0.1) is 11.3 Å². The lowest BCUT2D eigenvalue weighted by molar-refractivity contribution is -0.121. The number of anilines is 1. The monoisotopic (exact) mass is 440 g/mol. The Bertz CT molecular complexity index is 979. The molecule has 0 aliphatic carbocycles.